The van der Waals surface area contributed by atoms with E-state index in [1.165, 1.54) is 6.07 Å². The van der Waals surface area contributed by atoms with E-state index in [0.29, 0.717) is 30.3 Å². The van der Waals surface area contributed by atoms with Gasteiger partial charge in [-0.2, -0.15) is 18.3 Å². The highest BCUT2D eigenvalue weighted by Gasteiger charge is 2.34. The first-order chi connectivity index (χ1) is 15.2. The Morgan fingerprint density at radius 1 is 1.19 bits per heavy atom. The maximum Gasteiger partial charge on any atom is 0.433 e. The highest BCUT2D eigenvalue weighted by molar-refractivity contribution is 6.00. The Kier molecular flexibility index (Phi) is 5.94. The minimum absolute atomic E-state index is 0.0569. The van der Waals surface area contributed by atoms with Gasteiger partial charge in [-0.3, -0.25) is 4.68 Å². The van der Waals surface area contributed by atoms with Crippen molar-refractivity contribution in [2.75, 3.05) is 23.3 Å². The van der Waals surface area contributed by atoms with Crippen molar-refractivity contribution in [1.82, 2.24) is 20.1 Å². The second-order valence-electron chi connectivity index (χ2n) is 8.16. The van der Waals surface area contributed by atoms with Crippen LogP contribution in [0.5, 0.6) is 0 Å². The number of urea groups is 1. The fourth-order valence-corrected chi connectivity index (χ4v) is 3.90. The summed E-state index contributed by atoms with van der Waals surface area (Å²) in [5.41, 5.74) is 1.09. The third-order valence-electron chi connectivity index (χ3n) is 5.81. The maximum atomic E-state index is 13.2. The monoisotopic (exact) mass is 446 g/mol. The van der Waals surface area contributed by atoms with Gasteiger partial charge in [-0.25, -0.2) is 9.78 Å². The molecule has 0 unspecified atom stereocenters. The number of piperidine rings is 1. The van der Waals surface area contributed by atoms with E-state index in [1.54, 1.807) is 16.9 Å². The number of aryl methyl sites for hydroxylation is 1. The topological polar surface area (TPSA) is 75.1 Å². The number of anilines is 2. The number of hydrogen-bond donors (Lipinski definition) is 2. The molecule has 1 fully saturated rings. The van der Waals surface area contributed by atoms with Gasteiger partial charge >= 0.3 is 12.2 Å². The van der Waals surface area contributed by atoms with E-state index in [9.17, 15) is 18.0 Å². The lowest BCUT2D eigenvalue weighted by molar-refractivity contribution is -0.141. The second kappa shape index (κ2) is 8.68. The van der Waals surface area contributed by atoms with Crippen LogP contribution in [0.15, 0.2) is 36.5 Å². The molecular formula is C22H25F3N6O. The zero-order valence-electron chi connectivity index (χ0n) is 17.9. The Morgan fingerprint density at radius 3 is 2.66 bits per heavy atom. The van der Waals surface area contributed by atoms with Crippen LogP contribution in [0.4, 0.5) is 29.5 Å². The van der Waals surface area contributed by atoms with Crippen molar-refractivity contribution in [3.63, 3.8) is 0 Å². The van der Waals surface area contributed by atoms with Gasteiger partial charge in [0, 0.05) is 37.6 Å². The molecule has 0 spiro atoms. The van der Waals surface area contributed by atoms with Crippen LogP contribution in [-0.2, 0) is 19.8 Å². The maximum absolute atomic E-state index is 13.2. The van der Waals surface area contributed by atoms with Gasteiger partial charge in [-0.1, -0.05) is 19.1 Å². The summed E-state index contributed by atoms with van der Waals surface area (Å²) in [6.07, 6.45) is -1.08. The molecule has 32 heavy (non-hydrogen) atoms. The van der Waals surface area contributed by atoms with Crippen molar-refractivity contribution in [3.8, 4) is 0 Å². The van der Waals surface area contributed by atoms with Gasteiger partial charge in [0.05, 0.1) is 17.4 Å². The molecule has 0 radical (unpaired) electrons. The number of benzene rings is 1. The van der Waals surface area contributed by atoms with Crippen molar-refractivity contribution in [3.05, 3.63) is 47.8 Å². The first-order valence-electron chi connectivity index (χ1n) is 10.5. The first-order valence-corrected chi connectivity index (χ1v) is 10.5. The van der Waals surface area contributed by atoms with Gasteiger partial charge in [0.25, 0.3) is 0 Å². The summed E-state index contributed by atoms with van der Waals surface area (Å²) < 4.78 is 41.4. The van der Waals surface area contributed by atoms with E-state index in [-0.39, 0.29) is 12.4 Å². The van der Waals surface area contributed by atoms with E-state index in [1.807, 2.05) is 24.1 Å². The van der Waals surface area contributed by atoms with Crippen LogP contribution >= 0.6 is 0 Å². The molecule has 170 valence electrons. The molecule has 1 aromatic carbocycles. The minimum atomic E-state index is -4.52. The van der Waals surface area contributed by atoms with E-state index < -0.39 is 17.9 Å². The van der Waals surface area contributed by atoms with E-state index in [0.717, 1.165) is 29.8 Å². The number of hydrogen-bond acceptors (Lipinski definition) is 4. The van der Waals surface area contributed by atoms with Crippen molar-refractivity contribution >= 4 is 28.4 Å². The highest BCUT2D eigenvalue weighted by Crippen LogP contribution is 2.32. The fraction of sp³-hybridized carbons (Fsp3) is 0.409. The number of nitrogens with zero attached hydrogens (tertiary/aromatic N) is 4. The Bertz CT molecular complexity index is 1120. The van der Waals surface area contributed by atoms with Crippen molar-refractivity contribution in [2.45, 2.75) is 32.5 Å². The Hall–Kier alpha value is -3.30. The van der Waals surface area contributed by atoms with Crippen LogP contribution in [0.1, 0.15) is 31.0 Å². The summed E-state index contributed by atoms with van der Waals surface area (Å²) in [7, 11) is 1.81. The normalized spacial score (nSPS) is 15.2. The standard InChI is InChI=1S/C22H25F3N6O/c1-14-8-10-31(11-9-14)20-15(6-7-19(29-20)22(23,24)25)12-26-21(32)28-17-4-3-5-18-16(17)13-27-30(18)2/h3-7,13-14H,8-12H2,1-2H3,(H2,26,28,32). The molecule has 4 rings (SSSR count). The van der Waals surface area contributed by atoms with Gasteiger partial charge in [0.2, 0.25) is 0 Å². The number of rotatable bonds is 4. The second-order valence-corrected chi connectivity index (χ2v) is 8.16. The minimum Gasteiger partial charge on any atom is -0.356 e. The molecule has 2 N–H and O–H groups in total. The fourth-order valence-electron chi connectivity index (χ4n) is 3.90. The number of aromatic nitrogens is 3. The van der Waals surface area contributed by atoms with Crippen LogP contribution in [0.2, 0.25) is 0 Å². The van der Waals surface area contributed by atoms with Crippen LogP contribution in [-0.4, -0.2) is 33.9 Å². The molecule has 0 bridgehead atoms. The third-order valence-corrected chi connectivity index (χ3v) is 5.81. The summed E-state index contributed by atoms with van der Waals surface area (Å²) in [6, 6.07) is 7.37. The molecule has 2 amide bonds. The number of nitrogens with one attached hydrogen (secondary N) is 2. The predicted octanol–water partition coefficient (Wildman–Crippen LogP) is 4.55. The molecule has 0 atom stereocenters. The van der Waals surface area contributed by atoms with Crippen molar-refractivity contribution in [2.24, 2.45) is 13.0 Å². The summed E-state index contributed by atoms with van der Waals surface area (Å²) in [5.74, 6) is 0.806. The number of pyridine rings is 1. The lowest BCUT2D eigenvalue weighted by Crippen LogP contribution is -2.35. The largest absolute Gasteiger partial charge is 0.433 e. The Morgan fingerprint density at radius 2 is 1.94 bits per heavy atom. The Labute approximate surface area is 183 Å². The van der Waals surface area contributed by atoms with E-state index in [4.69, 9.17) is 0 Å². The number of carbonyl (C=O) groups excluding carboxylic acids is 1. The third kappa shape index (κ3) is 4.63. The molecule has 7 nitrogen and oxygen atoms in total. The molecule has 1 saturated heterocycles. The van der Waals surface area contributed by atoms with Crippen LogP contribution in [0.25, 0.3) is 10.9 Å². The van der Waals surface area contributed by atoms with Crippen molar-refractivity contribution < 1.29 is 18.0 Å². The lowest BCUT2D eigenvalue weighted by Gasteiger charge is -2.33. The molecule has 1 aliphatic heterocycles. The number of amides is 2. The van der Waals surface area contributed by atoms with E-state index in [2.05, 4.69) is 27.6 Å². The average Bonchev–Trinajstić information content (AvgIpc) is 3.14. The number of alkyl halides is 3. The molecule has 3 aromatic rings. The molecule has 0 aliphatic carbocycles. The van der Waals surface area contributed by atoms with E-state index >= 15 is 0 Å². The van der Waals surface area contributed by atoms with Gasteiger partial charge in [0.1, 0.15) is 11.5 Å². The zero-order chi connectivity index (χ0) is 22.9. The van der Waals surface area contributed by atoms with Gasteiger partial charge < -0.3 is 15.5 Å². The molecule has 1 aliphatic rings. The highest BCUT2D eigenvalue weighted by atomic mass is 19.4. The molecule has 2 aromatic heterocycles. The number of halogens is 3. The summed E-state index contributed by atoms with van der Waals surface area (Å²) in [6.45, 7) is 3.46. The Balaban J connectivity index is 1.51. The quantitative estimate of drug-likeness (QED) is 0.617. The summed E-state index contributed by atoms with van der Waals surface area (Å²) in [4.78, 5) is 18.3. The van der Waals surface area contributed by atoms with Crippen LogP contribution in [0.3, 0.4) is 0 Å². The predicted molar refractivity (Wildman–Crippen MR) is 116 cm³/mol. The molecule has 0 saturated carbocycles. The smallest absolute Gasteiger partial charge is 0.356 e. The number of fused-ring (bicyclic) bond motifs is 1. The molecule has 3 heterocycles. The van der Waals surface area contributed by atoms with Gasteiger partial charge in [-0.05, 0) is 37.0 Å². The first kappa shape index (κ1) is 21.9. The van der Waals surface area contributed by atoms with Crippen LogP contribution < -0.4 is 15.5 Å². The molecule has 10 heteroatoms. The SMILES string of the molecule is CC1CCN(c2nc(C(F)(F)F)ccc2CNC(=O)Nc2cccc3c2cnn3C)CC1. The van der Waals surface area contributed by atoms with Crippen LogP contribution in [0, 0.1) is 5.92 Å². The number of carbonyl (C=O) groups is 1. The zero-order valence-corrected chi connectivity index (χ0v) is 17.9. The summed E-state index contributed by atoms with van der Waals surface area (Å²) in [5, 5.41) is 10.5. The summed E-state index contributed by atoms with van der Waals surface area (Å²) >= 11 is 0. The average molecular weight is 446 g/mol. The molecular weight excluding hydrogens is 421 g/mol. The van der Waals surface area contributed by atoms with Gasteiger partial charge in [0.15, 0.2) is 0 Å². The van der Waals surface area contributed by atoms with Gasteiger partial charge in [-0.15, -0.1) is 0 Å². The van der Waals surface area contributed by atoms with Crippen molar-refractivity contribution in [1.29, 1.82) is 0 Å². The lowest BCUT2D eigenvalue weighted by atomic mass is 9.99.